The highest BCUT2D eigenvalue weighted by atomic mass is 16.5. The first-order chi connectivity index (χ1) is 8.70. The summed E-state index contributed by atoms with van der Waals surface area (Å²) in [5, 5.41) is 3.36. The third-order valence-electron chi connectivity index (χ3n) is 3.57. The first kappa shape index (κ1) is 13.4. The lowest BCUT2D eigenvalue weighted by Crippen LogP contribution is -2.33. The second-order valence-electron chi connectivity index (χ2n) is 4.96. The van der Waals surface area contributed by atoms with Crippen molar-refractivity contribution in [2.24, 2.45) is 0 Å². The zero-order valence-corrected chi connectivity index (χ0v) is 11.5. The van der Waals surface area contributed by atoms with Crippen LogP contribution in [0.3, 0.4) is 0 Å². The first-order valence-corrected chi connectivity index (χ1v) is 6.71. The number of methoxy groups -OCH3 is 1. The summed E-state index contributed by atoms with van der Waals surface area (Å²) in [6, 6.07) is 6.27. The van der Waals surface area contributed by atoms with Crippen molar-refractivity contribution in [3.8, 4) is 5.75 Å². The van der Waals surface area contributed by atoms with Crippen LogP contribution in [0.4, 0.5) is 0 Å². The van der Waals surface area contributed by atoms with Crippen LogP contribution < -0.4 is 10.1 Å². The molecule has 1 heterocycles. The van der Waals surface area contributed by atoms with E-state index in [-0.39, 0.29) is 6.10 Å². The topological polar surface area (TPSA) is 30.5 Å². The zero-order chi connectivity index (χ0) is 13.0. The van der Waals surface area contributed by atoms with Gasteiger partial charge in [-0.3, -0.25) is 0 Å². The quantitative estimate of drug-likeness (QED) is 0.890. The van der Waals surface area contributed by atoms with Crippen molar-refractivity contribution in [2.45, 2.75) is 38.9 Å². The predicted octanol–water partition coefficient (Wildman–Crippen LogP) is 2.83. The SMILES string of the molecule is COc1ccc(C(C)OC2CCNCC2)cc1C. The van der Waals surface area contributed by atoms with Crippen LogP contribution in [0, 0.1) is 6.92 Å². The van der Waals surface area contributed by atoms with Crippen LogP contribution in [0.25, 0.3) is 0 Å². The molecule has 100 valence electrons. The number of benzene rings is 1. The van der Waals surface area contributed by atoms with E-state index in [2.05, 4.69) is 31.3 Å². The Kier molecular flexibility index (Phi) is 4.61. The zero-order valence-electron chi connectivity index (χ0n) is 11.5. The lowest BCUT2D eigenvalue weighted by molar-refractivity contribution is -0.0187. The smallest absolute Gasteiger partial charge is 0.121 e. The molecule has 3 heteroatoms. The van der Waals surface area contributed by atoms with Crippen molar-refractivity contribution in [3.05, 3.63) is 29.3 Å². The molecule has 0 bridgehead atoms. The molecule has 2 rings (SSSR count). The minimum Gasteiger partial charge on any atom is -0.496 e. The number of hydrogen-bond donors (Lipinski definition) is 1. The lowest BCUT2D eigenvalue weighted by atomic mass is 10.1. The Morgan fingerprint density at radius 1 is 1.28 bits per heavy atom. The summed E-state index contributed by atoms with van der Waals surface area (Å²) in [7, 11) is 1.71. The molecule has 0 aromatic heterocycles. The molecule has 1 saturated heterocycles. The van der Waals surface area contributed by atoms with Gasteiger partial charge in [-0.2, -0.15) is 0 Å². The molecule has 0 spiro atoms. The molecule has 1 N–H and O–H groups in total. The van der Waals surface area contributed by atoms with E-state index in [0.29, 0.717) is 6.10 Å². The van der Waals surface area contributed by atoms with Crippen LogP contribution in [-0.2, 0) is 4.74 Å². The molecule has 1 aromatic rings. The maximum atomic E-state index is 6.13. The van der Waals surface area contributed by atoms with E-state index < -0.39 is 0 Å². The molecule has 0 amide bonds. The Morgan fingerprint density at radius 3 is 2.61 bits per heavy atom. The van der Waals surface area contributed by atoms with E-state index in [4.69, 9.17) is 9.47 Å². The van der Waals surface area contributed by atoms with Gasteiger partial charge in [0.15, 0.2) is 0 Å². The molecule has 1 aliphatic heterocycles. The summed E-state index contributed by atoms with van der Waals surface area (Å²) in [5.41, 5.74) is 2.39. The van der Waals surface area contributed by atoms with Crippen molar-refractivity contribution >= 4 is 0 Å². The number of aryl methyl sites for hydroxylation is 1. The first-order valence-electron chi connectivity index (χ1n) is 6.71. The number of hydrogen-bond acceptors (Lipinski definition) is 3. The fourth-order valence-corrected chi connectivity index (χ4v) is 2.45. The number of rotatable bonds is 4. The van der Waals surface area contributed by atoms with Gasteiger partial charge in [0.05, 0.1) is 19.3 Å². The third-order valence-corrected chi connectivity index (χ3v) is 3.57. The molecule has 0 radical (unpaired) electrons. The molecule has 18 heavy (non-hydrogen) atoms. The van der Waals surface area contributed by atoms with Crippen molar-refractivity contribution in [2.75, 3.05) is 20.2 Å². The van der Waals surface area contributed by atoms with Crippen LogP contribution in [0.5, 0.6) is 5.75 Å². The maximum Gasteiger partial charge on any atom is 0.121 e. The van der Waals surface area contributed by atoms with Crippen LogP contribution in [0.15, 0.2) is 18.2 Å². The highest BCUT2D eigenvalue weighted by Crippen LogP contribution is 2.26. The second-order valence-corrected chi connectivity index (χ2v) is 4.96. The van der Waals surface area contributed by atoms with Crippen LogP contribution >= 0.6 is 0 Å². The molecular weight excluding hydrogens is 226 g/mol. The summed E-state index contributed by atoms with van der Waals surface area (Å²) < 4.78 is 11.4. The lowest BCUT2D eigenvalue weighted by Gasteiger charge is -2.26. The van der Waals surface area contributed by atoms with E-state index >= 15 is 0 Å². The summed E-state index contributed by atoms with van der Waals surface area (Å²) in [4.78, 5) is 0. The van der Waals surface area contributed by atoms with E-state index in [1.807, 2.05) is 6.07 Å². The number of piperidine rings is 1. The van der Waals surface area contributed by atoms with Gasteiger partial charge in [0.1, 0.15) is 5.75 Å². The van der Waals surface area contributed by atoms with Crippen molar-refractivity contribution in [1.29, 1.82) is 0 Å². The van der Waals surface area contributed by atoms with Gasteiger partial charge >= 0.3 is 0 Å². The largest absolute Gasteiger partial charge is 0.496 e. The van der Waals surface area contributed by atoms with E-state index in [9.17, 15) is 0 Å². The summed E-state index contributed by atoms with van der Waals surface area (Å²) in [6.07, 6.45) is 2.76. The normalized spacial score (nSPS) is 18.6. The van der Waals surface area contributed by atoms with Gasteiger partial charge < -0.3 is 14.8 Å². The molecule has 1 fully saturated rings. The van der Waals surface area contributed by atoms with Gasteiger partial charge in [-0.25, -0.2) is 0 Å². The van der Waals surface area contributed by atoms with Crippen molar-refractivity contribution < 1.29 is 9.47 Å². The summed E-state index contributed by atoms with van der Waals surface area (Å²) in [6.45, 7) is 6.33. The number of nitrogens with one attached hydrogen (secondary N) is 1. The molecule has 1 unspecified atom stereocenters. The Labute approximate surface area is 109 Å². The highest BCUT2D eigenvalue weighted by Gasteiger charge is 2.17. The van der Waals surface area contributed by atoms with Crippen LogP contribution in [0.1, 0.15) is 37.0 Å². The second kappa shape index (κ2) is 6.21. The molecule has 1 aromatic carbocycles. The average Bonchev–Trinajstić information content (AvgIpc) is 2.39. The Balaban J connectivity index is 1.99. The average molecular weight is 249 g/mol. The molecule has 3 nitrogen and oxygen atoms in total. The van der Waals surface area contributed by atoms with Gasteiger partial charge in [-0.1, -0.05) is 6.07 Å². The maximum absolute atomic E-state index is 6.13. The molecule has 1 atom stereocenters. The Morgan fingerprint density at radius 2 is 2.00 bits per heavy atom. The minimum atomic E-state index is 0.151. The summed E-state index contributed by atoms with van der Waals surface area (Å²) >= 11 is 0. The number of ether oxygens (including phenoxy) is 2. The molecule has 0 saturated carbocycles. The third kappa shape index (κ3) is 3.24. The van der Waals surface area contributed by atoms with Gasteiger partial charge in [-0.15, -0.1) is 0 Å². The van der Waals surface area contributed by atoms with Crippen molar-refractivity contribution in [1.82, 2.24) is 5.32 Å². The minimum absolute atomic E-state index is 0.151. The molecule has 0 aliphatic carbocycles. The van der Waals surface area contributed by atoms with Crippen molar-refractivity contribution in [3.63, 3.8) is 0 Å². The van der Waals surface area contributed by atoms with E-state index in [0.717, 1.165) is 37.2 Å². The molecular formula is C15H23NO2. The standard InChI is InChI=1S/C15H23NO2/c1-11-10-13(4-5-15(11)17-3)12(2)18-14-6-8-16-9-7-14/h4-5,10,12,14,16H,6-9H2,1-3H3. The molecule has 1 aliphatic rings. The van der Waals surface area contributed by atoms with Gasteiger partial charge in [0.2, 0.25) is 0 Å². The monoisotopic (exact) mass is 249 g/mol. The fourth-order valence-electron chi connectivity index (χ4n) is 2.45. The van der Waals surface area contributed by atoms with Crippen LogP contribution in [-0.4, -0.2) is 26.3 Å². The van der Waals surface area contributed by atoms with Crippen LogP contribution in [0.2, 0.25) is 0 Å². The Bertz CT molecular complexity index is 386. The predicted molar refractivity (Wildman–Crippen MR) is 73.1 cm³/mol. The van der Waals surface area contributed by atoms with E-state index in [1.54, 1.807) is 7.11 Å². The Hall–Kier alpha value is -1.06. The fraction of sp³-hybridized carbons (Fsp3) is 0.600. The van der Waals surface area contributed by atoms with Gasteiger partial charge in [0.25, 0.3) is 0 Å². The summed E-state index contributed by atoms with van der Waals surface area (Å²) in [5.74, 6) is 0.938. The van der Waals surface area contributed by atoms with E-state index in [1.165, 1.54) is 5.56 Å². The van der Waals surface area contributed by atoms with Gasteiger partial charge in [-0.05, 0) is 63.0 Å². The van der Waals surface area contributed by atoms with Gasteiger partial charge in [0, 0.05) is 0 Å². The highest BCUT2D eigenvalue weighted by molar-refractivity contribution is 5.36.